The lowest BCUT2D eigenvalue weighted by atomic mass is 10.0. The molecule has 1 aromatic carbocycles. The van der Waals surface area contributed by atoms with Crippen molar-refractivity contribution in [3.05, 3.63) is 29.8 Å². The Bertz CT molecular complexity index is 294. The number of alkyl halides is 1. The molecular formula is C11H17ClN2O. The molecule has 0 bridgehead atoms. The highest BCUT2D eigenvalue weighted by molar-refractivity contribution is 6.17. The fraction of sp³-hybridized carbons (Fsp3) is 0.455. The summed E-state index contributed by atoms with van der Waals surface area (Å²) in [7, 11) is 1.66. The Morgan fingerprint density at radius 1 is 1.53 bits per heavy atom. The van der Waals surface area contributed by atoms with Crippen molar-refractivity contribution < 1.29 is 4.74 Å². The molecule has 0 radical (unpaired) electrons. The second-order valence-corrected chi connectivity index (χ2v) is 3.71. The summed E-state index contributed by atoms with van der Waals surface area (Å²) in [5.74, 6) is 7.00. The van der Waals surface area contributed by atoms with E-state index < -0.39 is 0 Å². The zero-order chi connectivity index (χ0) is 11.1. The van der Waals surface area contributed by atoms with Gasteiger partial charge >= 0.3 is 0 Å². The van der Waals surface area contributed by atoms with Gasteiger partial charge in [-0.3, -0.25) is 11.3 Å². The second-order valence-electron chi connectivity index (χ2n) is 3.33. The number of benzene rings is 1. The number of halogens is 1. The Hall–Kier alpha value is -0.770. The highest BCUT2D eigenvalue weighted by Crippen LogP contribution is 2.22. The number of hydrogen-bond acceptors (Lipinski definition) is 3. The number of methoxy groups -OCH3 is 1. The summed E-state index contributed by atoms with van der Waals surface area (Å²) < 4.78 is 5.16. The van der Waals surface area contributed by atoms with E-state index in [1.165, 1.54) is 0 Å². The van der Waals surface area contributed by atoms with Crippen LogP contribution in [0.4, 0.5) is 0 Å². The molecule has 84 valence electrons. The van der Waals surface area contributed by atoms with Crippen LogP contribution in [0.3, 0.4) is 0 Å². The molecule has 3 nitrogen and oxygen atoms in total. The van der Waals surface area contributed by atoms with Crippen LogP contribution in [0.1, 0.15) is 24.4 Å². The maximum atomic E-state index is 5.66. The maximum Gasteiger partial charge on any atom is 0.119 e. The van der Waals surface area contributed by atoms with Crippen LogP contribution in [0.25, 0.3) is 0 Å². The van der Waals surface area contributed by atoms with Crippen molar-refractivity contribution >= 4 is 11.6 Å². The van der Waals surface area contributed by atoms with E-state index in [0.717, 1.165) is 24.2 Å². The number of nitrogens with one attached hydrogen (secondary N) is 1. The topological polar surface area (TPSA) is 47.3 Å². The zero-order valence-corrected chi connectivity index (χ0v) is 9.63. The first kappa shape index (κ1) is 12.3. The standard InChI is InChI=1S/C11H17ClN2O/c1-15-10-5-2-4-9(8-10)11(14-13)6-3-7-12/h2,4-5,8,11,14H,3,6-7,13H2,1H3. The summed E-state index contributed by atoms with van der Waals surface area (Å²) >= 11 is 5.66. The van der Waals surface area contributed by atoms with E-state index in [-0.39, 0.29) is 6.04 Å². The maximum absolute atomic E-state index is 5.66. The molecule has 0 spiro atoms. The molecule has 0 heterocycles. The van der Waals surface area contributed by atoms with Crippen molar-refractivity contribution in [2.75, 3.05) is 13.0 Å². The average Bonchev–Trinajstić information content (AvgIpc) is 2.30. The molecule has 0 aliphatic rings. The molecule has 1 atom stereocenters. The van der Waals surface area contributed by atoms with Gasteiger partial charge < -0.3 is 4.74 Å². The van der Waals surface area contributed by atoms with Crippen LogP contribution in [0.5, 0.6) is 5.75 Å². The third-order valence-electron chi connectivity index (χ3n) is 2.32. The number of rotatable bonds is 6. The van der Waals surface area contributed by atoms with E-state index in [2.05, 4.69) is 5.43 Å². The van der Waals surface area contributed by atoms with Gasteiger partial charge in [0.2, 0.25) is 0 Å². The fourth-order valence-electron chi connectivity index (χ4n) is 1.49. The van der Waals surface area contributed by atoms with E-state index >= 15 is 0 Å². The molecule has 0 saturated carbocycles. The Morgan fingerprint density at radius 3 is 2.93 bits per heavy atom. The van der Waals surface area contributed by atoms with E-state index in [9.17, 15) is 0 Å². The molecule has 0 aliphatic heterocycles. The number of nitrogens with two attached hydrogens (primary N) is 1. The van der Waals surface area contributed by atoms with Crippen LogP contribution < -0.4 is 16.0 Å². The van der Waals surface area contributed by atoms with E-state index in [4.69, 9.17) is 22.2 Å². The molecule has 0 aliphatic carbocycles. The predicted octanol–water partition coefficient (Wildman–Crippen LogP) is 2.22. The SMILES string of the molecule is COc1cccc(C(CCCCl)NN)c1. The molecule has 1 aromatic rings. The molecule has 3 N–H and O–H groups in total. The van der Waals surface area contributed by atoms with Crippen molar-refractivity contribution in [2.45, 2.75) is 18.9 Å². The predicted molar refractivity (Wildman–Crippen MR) is 63.0 cm³/mol. The lowest BCUT2D eigenvalue weighted by Gasteiger charge is -2.16. The highest BCUT2D eigenvalue weighted by Gasteiger charge is 2.09. The molecule has 15 heavy (non-hydrogen) atoms. The third kappa shape index (κ3) is 3.70. The first-order valence-corrected chi connectivity index (χ1v) is 5.51. The van der Waals surface area contributed by atoms with Gasteiger partial charge in [-0.1, -0.05) is 12.1 Å². The molecule has 0 aromatic heterocycles. The first-order valence-electron chi connectivity index (χ1n) is 4.98. The quantitative estimate of drug-likeness (QED) is 0.446. The van der Waals surface area contributed by atoms with Gasteiger partial charge in [0.25, 0.3) is 0 Å². The summed E-state index contributed by atoms with van der Waals surface area (Å²) in [6.45, 7) is 0. The first-order chi connectivity index (χ1) is 7.31. The van der Waals surface area contributed by atoms with Gasteiger partial charge in [0.15, 0.2) is 0 Å². The van der Waals surface area contributed by atoms with Gasteiger partial charge in [0.1, 0.15) is 5.75 Å². The Morgan fingerprint density at radius 2 is 2.33 bits per heavy atom. The van der Waals surface area contributed by atoms with Crippen LogP contribution in [0.15, 0.2) is 24.3 Å². The zero-order valence-electron chi connectivity index (χ0n) is 8.87. The van der Waals surface area contributed by atoms with Crippen LogP contribution in [0.2, 0.25) is 0 Å². The minimum absolute atomic E-state index is 0.138. The van der Waals surface area contributed by atoms with Gasteiger partial charge in [0.05, 0.1) is 7.11 Å². The Kier molecular flexibility index (Phi) is 5.47. The molecule has 0 fully saturated rings. The van der Waals surface area contributed by atoms with E-state index in [1.807, 2.05) is 24.3 Å². The normalized spacial score (nSPS) is 12.5. The molecular weight excluding hydrogens is 212 g/mol. The molecule has 1 rings (SSSR count). The summed E-state index contributed by atoms with van der Waals surface area (Å²) in [5, 5.41) is 0. The van der Waals surface area contributed by atoms with Gasteiger partial charge in [-0.25, -0.2) is 0 Å². The van der Waals surface area contributed by atoms with Gasteiger partial charge in [-0.05, 0) is 30.5 Å². The van der Waals surface area contributed by atoms with Crippen LogP contribution in [0, 0.1) is 0 Å². The van der Waals surface area contributed by atoms with Gasteiger partial charge in [-0.2, -0.15) is 0 Å². The van der Waals surface area contributed by atoms with Crippen molar-refractivity contribution in [2.24, 2.45) is 5.84 Å². The van der Waals surface area contributed by atoms with Crippen LogP contribution in [-0.2, 0) is 0 Å². The minimum atomic E-state index is 0.138. The summed E-state index contributed by atoms with van der Waals surface area (Å²) in [6, 6.07) is 8.02. The lowest BCUT2D eigenvalue weighted by molar-refractivity contribution is 0.412. The largest absolute Gasteiger partial charge is 0.497 e. The van der Waals surface area contributed by atoms with Crippen molar-refractivity contribution in [3.8, 4) is 5.75 Å². The number of hydrogen-bond donors (Lipinski definition) is 2. The van der Waals surface area contributed by atoms with E-state index in [1.54, 1.807) is 7.11 Å². The summed E-state index contributed by atoms with van der Waals surface area (Å²) in [4.78, 5) is 0. The Labute approximate surface area is 95.5 Å². The van der Waals surface area contributed by atoms with Crippen molar-refractivity contribution in [3.63, 3.8) is 0 Å². The monoisotopic (exact) mass is 228 g/mol. The molecule has 0 amide bonds. The van der Waals surface area contributed by atoms with Crippen LogP contribution in [-0.4, -0.2) is 13.0 Å². The Balaban J connectivity index is 2.72. The summed E-state index contributed by atoms with van der Waals surface area (Å²) in [6.07, 6.45) is 1.86. The molecule has 1 unspecified atom stereocenters. The average molecular weight is 229 g/mol. The third-order valence-corrected chi connectivity index (χ3v) is 2.59. The minimum Gasteiger partial charge on any atom is -0.497 e. The number of hydrazine groups is 1. The molecule has 4 heteroatoms. The highest BCUT2D eigenvalue weighted by atomic mass is 35.5. The van der Waals surface area contributed by atoms with Gasteiger partial charge in [0, 0.05) is 11.9 Å². The fourth-order valence-corrected chi connectivity index (χ4v) is 1.64. The van der Waals surface area contributed by atoms with Crippen molar-refractivity contribution in [1.82, 2.24) is 5.43 Å². The second kappa shape index (κ2) is 6.67. The lowest BCUT2D eigenvalue weighted by Crippen LogP contribution is -2.28. The van der Waals surface area contributed by atoms with Crippen molar-refractivity contribution in [1.29, 1.82) is 0 Å². The van der Waals surface area contributed by atoms with E-state index in [0.29, 0.717) is 5.88 Å². The van der Waals surface area contributed by atoms with Gasteiger partial charge in [-0.15, -0.1) is 11.6 Å². The number of ether oxygens (including phenoxy) is 1. The smallest absolute Gasteiger partial charge is 0.119 e. The molecule has 0 saturated heterocycles. The summed E-state index contributed by atoms with van der Waals surface area (Å²) in [5.41, 5.74) is 3.92. The van der Waals surface area contributed by atoms with Crippen LogP contribution >= 0.6 is 11.6 Å².